The van der Waals surface area contributed by atoms with Gasteiger partial charge < -0.3 is 10.1 Å². The molecule has 0 saturated heterocycles. The number of halogens is 1. The van der Waals surface area contributed by atoms with Crippen LogP contribution in [0.5, 0.6) is 5.75 Å². The lowest BCUT2D eigenvalue weighted by Gasteiger charge is -2.28. The van der Waals surface area contributed by atoms with E-state index < -0.39 is 11.8 Å². The van der Waals surface area contributed by atoms with Crippen LogP contribution >= 0.6 is 27.7 Å². The number of nitrogens with one attached hydrogen (secondary N) is 1. The third-order valence-corrected chi connectivity index (χ3v) is 8.05. The molecule has 0 atom stereocenters. The van der Waals surface area contributed by atoms with Gasteiger partial charge in [0.1, 0.15) is 17.9 Å². The predicted octanol–water partition coefficient (Wildman–Crippen LogP) is 6.85. The topological polar surface area (TPSA) is 88.1 Å². The van der Waals surface area contributed by atoms with Gasteiger partial charge in [0, 0.05) is 5.70 Å². The molecule has 0 unspecified atom stereocenters. The third kappa shape index (κ3) is 8.60. The van der Waals surface area contributed by atoms with Gasteiger partial charge in [-0.1, -0.05) is 109 Å². The highest BCUT2D eigenvalue weighted by Gasteiger charge is 2.35. The molecule has 0 radical (unpaired) electrons. The van der Waals surface area contributed by atoms with Gasteiger partial charge in [-0.3, -0.25) is 19.3 Å². The van der Waals surface area contributed by atoms with Crippen LogP contribution in [0.15, 0.2) is 130 Å². The molecule has 3 aromatic rings. The molecule has 1 aliphatic heterocycles. The minimum Gasteiger partial charge on any atom is -0.480 e. The molecule has 226 valence electrons. The van der Waals surface area contributed by atoms with E-state index in [1.807, 2.05) is 60.7 Å². The monoisotopic (exact) mass is 679 g/mol. The second-order valence-electron chi connectivity index (χ2n) is 9.50. The van der Waals surface area contributed by atoms with E-state index in [0.29, 0.717) is 21.5 Å². The van der Waals surface area contributed by atoms with Crippen LogP contribution < -0.4 is 10.1 Å². The molecule has 0 aromatic heterocycles. The lowest BCUT2D eigenvalue weighted by atomic mass is 9.99. The van der Waals surface area contributed by atoms with Crippen molar-refractivity contribution < 1.29 is 19.1 Å². The summed E-state index contributed by atoms with van der Waals surface area (Å²) in [7, 11) is 0. The van der Waals surface area contributed by atoms with Gasteiger partial charge in [0.25, 0.3) is 11.8 Å². The minimum atomic E-state index is -0.711. The van der Waals surface area contributed by atoms with Gasteiger partial charge in [-0.25, -0.2) is 0 Å². The molecule has 3 amide bonds. The number of aliphatic imine (C=N–C) groups is 1. The number of allylic oxidation sites excluding steroid dienone is 4. The number of carbonyl (C=O) groups excluding carboxylic acids is 3. The Hall–Kier alpha value is -4.91. The van der Waals surface area contributed by atoms with E-state index in [0.717, 1.165) is 22.9 Å². The van der Waals surface area contributed by atoms with Crippen LogP contribution in [0.25, 0.3) is 6.08 Å². The Balaban J connectivity index is 1.61. The lowest BCUT2D eigenvalue weighted by molar-refractivity contribution is -0.126. The zero-order valence-electron chi connectivity index (χ0n) is 24.5. The van der Waals surface area contributed by atoms with Crippen LogP contribution in [0.1, 0.15) is 29.7 Å². The van der Waals surface area contributed by atoms with E-state index in [1.54, 1.807) is 49.4 Å². The second-order valence-corrected chi connectivity index (χ2v) is 11.3. The number of benzene rings is 3. The number of rotatable bonds is 11. The number of nitrogens with zero attached hydrogens (tertiary/aromatic N) is 2. The smallest absolute Gasteiger partial charge is 0.285 e. The fourth-order valence-corrected chi connectivity index (χ4v) is 5.72. The summed E-state index contributed by atoms with van der Waals surface area (Å²) >= 11 is 4.44. The average molecular weight is 681 g/mol. The summed E-state index contributed by atoms with van der Waals surface area (Å²) < 4.78 is 6.09. The number of ether oxygens (including phenoxy) is 1. The van der Waals surface area contributed by atoms with E-state index in [2.05, 4.69) is 38.7 Å². The summed E-state index contributed by atoms with van der Waals surface area (Å²) in [6, 6.07) is 24.0. The Morgan fingerprint density at radius 2 is 1.78 bits per heavy atom. The van der Waals surface area contributed by atoms with Gasteiger partial charge in [0.2, 0.25) is 5.91 Å². The molecule has 3 aromatic carbocycles. The van der Waals surface area contributed by atoms with Gasteiger partial charge in [-0.2, -0.15) is 4.99 Å². The number of amides is 3. The fourth-order valence-electron chi connectivity index (χ4n) is 4.40. The van der Waals surface area contributed by atoms with Crippen molar-refractivity contribution in [3.63, 3.8) is 0 Å². The van der Waals surface area contributed by atoms with Gasteiger partial charge in [0.05, 0.1) is 16.3 Å². The maximum Gasteiger partial charge on any atom is 0.285 e. The first-order chi connectivity index (χ1) is 21.9. The summed E-state index contributed by atoms with van der Waals surface area (Å²) in [5.41, 5.74) is 2.76. The molecule has 1 aliphatic rings. The van der Waals surface area contributed by atoms with Crippen LogP contribution in [0, 0.1) is 12.3 Å². The second kappa shape index (κ2) is 16.2. The summed E-state index contributed by atoms with van der Waals surface area (Å²) in [5, 5.41) is 3.18. The molecule has 7 nitrogen and oxygen atoms in total. The SMILES string of the molecule is C#CCOc1ccc(/C=C2\C(=O)N=C(SCC(=O)NC(c3ccccc3)c3ccccc3)N(C(/C=C\C=C)=C/C)C2=O)cc1Br. The number of hydrogen-bond donors (Lipinski definition) is 1. The van der Waals surface area contributed by atoms with Crippen LogP contribution in [0.3, 0.4) is 0 Å². The zero-order valence-corrected chi connectivity index (χ0v) is 26.9. The Morgan fingerprint density at radius 1 is 1.11 bits per heavy atom. The van der Waals surface area contributed by atoms with Gasteiger partial charge in [0.15, 0.2) is 5.17 Å². The Bertz CT molecular complexity index is 1700. The van der Waals surface area contributed by atoms with E-state index in [4.69, 9.17) is 11.2 Å². The molecule has 0 saturated carbocycles. The maximum absolute atomic E-state index is 13.9. The number of terminal acetylenes is 1. The zero-order chi connectivity index (χ0) is 32.2. The van der Waals surface area contributed by atoms with Crippen molar-refractivity contribution >= 4 is 56.7 Å². The molecule has 0 spiro atoms. The van der Waals surface area contributed by atoms with Crippen molar-refractivity contribution in [2.45, 2.75) is 13.0 Å². The van der Waals surface area contributed by atoms with Crippen molar-refractivity contribution in [3.05, 3.63) is 142 Å². The van der Waals surface area contributed by atoms with Gasteiger partial charge >= 0.3 is 0 Å². The molecular formula is C36H30BrN3O4S. The largest absolute Gasteiger partial charge is 0.480 e. The fraction of sp³-hybridized carbons (Fsp3) is 0.111. The molecular weight excluding hydrogens is 650 g/mol. The first kappa shape index (κ1) is 33.0. The van der Waals surface area contributed by atoms with E-state index in [-0.39, 0.29) is 35.0 Å². The molecule has 0 bridgehead atoms. The van der Waals surface area contributed by atoms with Crippen LogP contribution in [-0.4, -0.2) is 40.1 Å². The van der Waals surface area contributed by atoms with Crippen molar-refractivity contribution in [2.24, 2.45) is 4.99 Å². The van der Waals surface area contributed by atoms with Crippen molar-refractivity contribution in [2.75, 3.05) is 12.4 Å². The normalized spacial score (nSPS) is 14.4. The van der Waals surface area contributed by atoms with Crippen LogP contribution in [0.4, 0.5) is 0 Å². The molecule has 1 heterocycles. The van der Waals surface area contributed by atoms with E-state index in [9.17, 15) is 14.4 Å². The Labute approximate surface area is 275 Å². The van der Waals surface area contributed by atoms with E-state index >= 15 is 0 Å². The minimum absolute atomic E-state index is 0.0840. The first-order valence-corrected chi connectivity index (χ1v) is 15.7. The molecule has 9 heteroatoms. The highest BCUT2D eigenvalue weighted by molar-refractivity contribution is 9.10. The quantitative estimate of drug-likeness (QED) is 0.104. The average Bonchev–Trinajstić information content (AvgIpc) is 3.06. The lowest BCUT2D eigenvalue weighted by Crippen LogP contribution is -2.42. The maximum atomic E-state index is 13.9. The van der Waals surface area contributed by atoms with Gasteiger partial charge in [-0.05, 0) is 63.8 Å². The first-order valence-electron chi connectivity index (χ1n) is 13.9. The number of thioether (sulfide) groups is 1. The molecule has 0 aliphatic carbocycles. The Kier molecular flexibility index (Phi) is 11.9. The Morgan fingerprint density at radius 3 is 2.36 bits per heavy atom. The highest BCUT2D eigenvalue weighted by atomic mass is 79.9. The number of amidine groups is 1. The van der Waals surface area contributed by atoms with Gasteiger partial charge in [-0.15, -0.1) is 6.42 Å². The van der Waals surface area contributed by atoms with E-state index in [1.165, 1.54) is 11.0 Å². The van der Waals surface area contributed by atoms with Crippen molar-refractivity contribution in [3.8, 4) is 18.1 Å². The predicted molar refractivity (Wildman–Crippen MR) is 184 cm³/mol. The van der Waals surface area contributed by atoms with Crippen molar-refractivity contribution in [1.82, 2.24) is 10.2 Å². The van der Waals surface area contributed by atoms with Crippen LogP contribution in [-0.2, 0) is 14.4 Å². The highest BCUT2D eigenvalue weighted by Crippen LogP contribution is 2.30. The van der Waals surface area contributed by atoms with Crippen LogP contribution in [0.2, 0.25) is 0 Å². The third-order valence-electron chi connectivity index (χ3n) is 6.49. The van der Waals surface area contributed by atoms with Crippen molar-refractivity contribution in [1.29, 1.82) is 0 Å². The summed E-state index contributed by atoms with van der Waals surface area (Å²) in [4.78, 5) is 46.0. The summed E-state index contributed by atoms with van der Waals surface area (Å²) in [5.74, 6) is 1.28. The summed E-state index contributed by atoms with van der Waals surface area (Å²) in [6.45, 7) is 5.57. The number of hydrogen-bond acceptors (Lipinski definition) is 5. The molecule has 0 fully saturated rings. The standard InChI is InChI=1S/C36H30BrN3O4S/c1-4-7-18-28(6-3)40-35(43)29(22-25-19-20-31(30(37)23-25)44-21-5-2)34(42)39-36(40)45-24-32(41)38-33(26-14-10-8-11-15-26)27-16-12-9-13-17-27/h2,4,6-20,22-23,33H,1,21,24H2,3H3,(H,38,41)/b18-7-,28-6+,29-22+. The number of carbonyl (C=O) groups is 3. The molecule has 1 N–H and O–H groups in total. The molecule has 45 heavy (non-hydrogen) atoms. The molecule has 4 rings (SSSR count). The summed E-state index contributed by atoms with van der Waals surface area (Å²) in [6.07, 6.45) is 13.4.